The van der Waals surface area contributed by atoms with Crippen molar-refractivity contribution in [2.24, 2.45) is 11.3 Å². The third kappa shape index (κ3) is 3.80. The van der Waals surface area contributed by atoms with Crippen LogP contribution in [0.4, 0.5) is 0 Å². The van der Waals surface area contributed by atoms with Gasteiger partial charge in [0.2, 0.25) is 0 Å². The standard InChI is InChI=1S/C17H26OSi/c1-17(2)15(16(17)13-19(3,4)5)12-18-11-14-9-7-6-8-10-14/h6-10,13,15H,11-12H2,1-5H3/b16-13-. The minimum atomic E-state index is -1.11. The summed E-state index contributed by atoms with van der Waals surface area (Å²) in [5.74, 6) is 0.628. The summed E-state index contributed by atoms with van der Waals surface area (Å²) in [4.78, 5) is 0. The average Bonchev–Trinajstić information content (AvgIpc) is 2.80. The fourth-order valence-electron chi connectivity index (χ4n) is 2.59. The van der Waals surface area contributed by atoms with E-state index in [0.717, 1.165) is 13.2 Å². The lowest BCUT2D eigenvalue weighted by Crippen LogP contribution is -2.15. The van der Waals surface area contributed by atoms with E-state index in [2.05, 4.69) is 63.5 Å². The molecule has 1 aromatic rings. The van der Waals surface area contributed by atoms with E-state index < -0.39 is 8.07 Å². The van der Waals surface area contributed by atoms with E-state index >= 15 is 0 Å². The van der Waals surface area contributed by atoms with Crippen LogP contribution in [-0.4, -0.2) is 14.7 Å². The van der Waals surface area contributed by atoms with Gasteiger partial charge in [-0.3, -0.25) is 0 Å². The monoisotopic (exact) mass is 274 g/mol. The lowest BCUT2D eigenvalue weighted by Gasteiger charge is -2.08. The van der Waals surface area contributed by atoms with Crippen LogP contribution in [0.5, 0.6) is 0 Å². The summed E-state index contributed by atoms with van der Waals surface area (Å²) in [6.07, 6.45) is 0. The lowest BCUT2D eigenvalue weighted by molar-refractivity contribution is 0.105. The van der Waals surface area contributed by atoms with Crippen molar-refractivity contribution in [2.75, 3.05) is 6.61 Å². The van der Waals surface area contributed by atoms with Crippen molar-refractivity contribution >= 4 is 8.07 Å². The summed E-state index contributed by atoms with van der Waals surface area (Å²) in [6.45, 7) is 13.5. The van der Waals surface area contributed by atoms with Gasteiger partial charge in [0.1, 0.15) is 0 Å². The molecule has 0 bridgehead atoms. The first-order chi connectivity index (χ1) is 8.81. The van der Waals surface area contributed by atoms with Crippen LogP contribution in [0.25, 0.3) is 0 Å². The van der Waals surface area contributed by atoms with Gasteiger partial charge in [0.05, 0.1) is 21.3 Å². The molecule has 0 heterocycles. The molecule has 0 aliphatic heterocycles. The van der Waals surface area contributed by atoms with Gasteiger partial charge in [0, 0.05) is 5.92 Å². The zero-order valence-electron chi connectivity index (χ0n) is 12.9. The van der Waals surface area contributed by atoms with Crippen LogP contribution in [-0.2, 0) is 11.3 Å². The van der Waals surface area contributed by atoms with Crippen LogP contribution in [0.15, 0.2) is 41.6 Å². The van der Waals surface area contributed by atoms with Crippen LogP contribution in [0.2, 0.25) is 19.6 Å². The topological polar surface area (TPSA) is 9.23 Å². The molecule has 1 saturated carbocycles. The molecule has 2 heteroatoms. The van der Waals surface area contributed by atoms with E-state index in [0.29, 0.717) is 11.3 Å². The molecule has 1 unspecified atom stereocenters. The van der Waals surface area contributed by atoms with E-state index in [1.807, 2.05) is 6.07 Å². The van der Waals surface area contributed by atoms with E-state index in [9.17, 15) is 0 Å². The first-order valence-corrected chi connectivity index (χ1v) is 10.7. The SMILES string of the molecule is CC1(C)/C(=C\[Si](C)(C)C)C1COCc1ccccc1. The van der Waals surface area contributed by atoms with Gasteiger partial charge in [0.25, 0.3) is 0 Å². The Morgan fingerprint density at radius 3 is 2.37 bits per heavy atom. The van der Waals surface area contributed by atoms with Crippen molar-refractivity contribution in [3.8, 4) is 0 Å². The normalized spacial score (nSPS) is 23.6. The predicted octanol–water partition coefficient (Wildman–Crippen LogP) is 4.66. The molecule has 1 aromatic carbocycles. The first kappa shape index (κ1) is 14.5. The quantitative estimate of drug-likeness (QED) is 0.709. The fraction of sp³-hybridized carbons (Fsp3) is 0.529. The number of benzene rings is 1. The van der Waals surface area contributed by atoms with Crippen LogP contribution in [0, 0.1) is 11.3 Å². The molecule has 1 aliphatic rings. The van der Waals surface area contributed by atoms with Crippen molar-refractivity contribution in [1.82, 2.24) is 0 Å². The van der Waals surface area contributed by atoms with Crippen LogP contribution in [0.3, 0.4) is 0 Å². The number of ether oxygens (including phenoxy) is 1. The Kier molecular flexibility index (Phi) is 4.02. The molecule has 0 radical (unpaired) electrons. The molecule has 1 atom stereocenters. The van der Waals surface area contributed by atoms with E-state index in [1.165, 1.54) is 5.56 Å². The molecular weight excluding hydrogens is 248 g/mol. The first-order valence-electron chi connectivity index (χ1n) is 7.15. The number of hydrogen-bond acceptors (Lipinski definition) is 1. The second-order valence-corrected chi connectivity index (χ2v) is 12.3. The predicted molar refractivity (Wildman–Crippen MR) is 84.8 cm³/mol. The maximum absolute atomic E-state index is 5.90. The van der Waals surface area contributed by atoms with Gasteiger partial charge in [-0.1, -0.05) is 75.1 Å². The third-order valence-electron chi connectivity index (χ3n) is 3.89. The molecule has 0 saturated heterocycles. The van der Waals surface area contributed by atoms with Gasteiger partial charge in [-0.25, -0.2) is 0 Å². The number of hydrogen-bond donors (Lipinski definition) is 0. The Hall–Kier alpha value is -0.863. The Morgan fingerprint density at radius 2 is 1.79 bits per heavy atom. The second kappa shape index (κ2) is 5.26. The van der Waals surface area contributed by atoms with Crippen molar-refractivity contribution in [1.29, 1.82) is 0 Å². The van der Waals surface area contributed by atoms with Crippen LogP contribution < -0.4 is 0 Å². The van der Waals surface area contributed by atoms with Crippen LogP contribution >= 0.6 is 0 Å². The Morgan fingerprint density at radius 1 is 1.16 bits per heavy atom. The van der Waals surface area contributed by atoms with Crippen molar-refractivity contribution in [2.45, 2.75) is 40.1 Å². The van der Waals surface area contributed by atoms with Gasteiger partial charge in [0.15, 0.2) is 0 Å². The van der Waals surface area contributed by atoms with Crippen molar-refractivity contribution in [3.63, 3.8) is 0 Å². The molecule has 0 amide bonds. The molecule has 0 N–H and O–H groups in total. The zero-order chi connectivity index (χ0) is 14.1. The Labute approximate surface area is 118 Å². The van der Waals surface area contributed by atoms with Crippen molar-refractivity contribution < 1.29 is 4.74 Å². The average molecular weight is 274 g/mol. The van der Waals surface area contributed by atoms with Gasteiger partial charge < -0.3 is 4.74 Å². The summed E-state index contributed by atoms with van der Waals surface area (Å²) < 4.78 is 5.90. The number of rotatable bonds is 5. The highest BCUT2D eigenvalue weighted by atomic mass is 28.3. The van der Waals surface area contributed by atoms with Gasteiger partial charge >= 0.3 is 0 Å². The highest BCUT2D eigenvalue weighted by Gasteiger charge is 2.52. The molecular formula is C17H26OSi. The third-order valence-corrected chi connectivity index (χ3v) is 5.07. The molecule has 19 heavy (non-hydrogen) atoms. The van der Waals surface area contributed by atoms with Gasteiger partial charge in [-0.05, 0) is 11.0 Å². The van der Waals surface area contributed by atoms with E-state index in [-0.39, 0.29) is 0 Å². The van der Waals surface area contributed by atoms with Crippen molar-refractivity contribution in [3.05, 3.63) is 47.2 Å². The molecule has 104 valence electrons. The summed E-state index contributed by atoms with van der Waals surface area (Å²) >= 11 is 0. The highest BCUT2D eigenvalue weighted by molar-refractivity contribution is 6.81. The smallest absolute Gasteiger partial charge is 0.0717 e. The molecule has 2 rings (SSSR count). The molecule has 0 spiro atoms. The van der Waals surface area contributed by atoms with Gasteiger partial charge in [-0.15, -0.1) is 0 Å². The van der Waals surface area contributed by atoms with Gasteiger partial charge in [-0.2, -0.15) is 0 Å². The molecule has 1 nitrogen and oxygen atoms in total. The minimum absolute atomic E-state index is 0.358. The summed E-state index contributed by atoms with van der Waals surface area (Å²) in [5.41, 5.74) is 5.80. The zero-order valence-corrected chi connectivity index (χ0v) is 13.9. The van der Waals surface area contributed by atoms with E-state index in [1.54, 1.807) is 5.57 Å². The molecule has 1 fully saturated rings. The maximum atomic E-state index is 5.90. The highest BCUT2D eigenvalue weighted by Crippen LogP contribution is 2.58. The van der Waals surface area contributed by atoms with Crippen LogP contribution in [0.1, 0.15) is 19.4 Å². The summed E-state index contributed by atoms with van der Waals surface area (Å²) in [7, 11) is -1.11. The summed E-state index contributed by atoms with van der Waals surface area (Å²) in [5, 5.41) is 0. The maximum Gasteiger partial charge on any atom is 0.0717 e. The lowest BCUT2D eigenvalue weighted by atomic mass is 10.1. The fourth-order valence-corrected chi connectivity index (χ4v) is 4.10. The second-order valence-electron chi connectivity index (χ2n) is 7.24. The summed E-state index contributed by atoms with van der Waals surface area (Å²) in [6, 6.07) is 10.4. The Bertz CT molecular complexity index is 454. The Balaban J connectivity index is 1.86. The molecule has 0 aromatic heterocycles. The minimum Gasteiger partial charge on any atom is -0.376 e. The largest absolute Gasteiger partial charge is 0.376 e. The van der Waals surface area contributed by atoms with E-state index in [4.69, 9.17) is 4.74 Å². The molecule has 1 aliphatic carbocycles.